The normalized spacial score (nSPS) is 11.1. The summed E-state index contributed by atoms with van der Waals surface area (Å²) in [5, 5.41) is 0. The minimum Gasteiger partial charge on any atom is -0.344 e. The third-order valence-electron chi connectivity index (χ3n) is 2.30. The van der Waals surface area contributed by atoms with Gasteiger partial charge < -0.3 is 15.9 Å². The lowest BCUT2D eigenvalue weighted by molar-refractivity contribution is 0.370. The van der Waals surface area contributed by atoms with Crippen molar-refractivity contribution in [2.24, 2.45) is 0 Å². The van der Waals surface area contributed by atoms with Crippen LogP contribution in [0.25, 0.3) is 0 Å². The minimum atomic E-state index is -3.73. The molecule has 4 nitrogen and oxygen atoms in total. The highest BCUT2D eigenvalue weighted by Gasteiger charge is 2.10. The van der Waals surface area contributed by atoms with E-state index in [-0.39, 0.29) is 12.3 Å². The fourth-order valence-corrected chi connectivity index (χ4v) is 2.09. The number of unbranched alkanes of at least 4 members (excludes halogenated alkanes) is 7. The number of hydrogen-bond donors (Lipinski definition) is 3. The maximum Gasteiger partial charge on any atom is 0.325 e. The summed E-state index contributed by atoms with van der Waals surface area (Å²) in [4.78, 5) is 17.2. The van der Waals surface area contributed by atoms with Gasteiger partial charge in [-0.3, -0.25) is 4.57 Å². The molecular formula is C10H26NO3P. The quantitative estimate of drug-likeness (QED) is 0.424. The zero-order valence-electron chi connectivity index (χ0n) is 9.82. The summed E-state index contributed by atoms with van der Waals surface area (Å²) >= 11 is 0. The van der Waals surface area contributed by atoms with Gasteiger partial charge in [0.1, 0.15) is 0 Å². The lowest BCUT2D eigenvalue weighted by Gasteiger charge is -2.03. The molecule has 0 rings (SSSR count). The molecule has 0 unspecified atom stereocenters. The molecule has 94 valence electrons. The van der Waals surface area contributed by atoms with Crippen LogP contribution < -0.4 is 6.15 Å². The highest BCUT2D eigenvalue weighted by molar-refractivity contribution is 7.51. The van der Waals surface area contributed by atoms with E-state index in [1.165, 1.54) is 32.1 Å². The molecule has 0 aromatic rings. The molecular weight excluding hydrogens is 213 g/mol. The standard InChI is InChI=1S/C10H23O3P.H3N/c1-2-3-4-5-6-7-8-9-10-14(11,12)13;/h2-10H2,1H3,(H2,11,12,13);1H3. The van der Waals surface area contributed by atoms with Gasteiger partial charge in [0.05, 0.1) is 0 Å². The van der Waals surface area contributed by atoms with Gasteiger partial charge in [0.25, 0.3) is 0 Å². The molecule has 0 atom stereocenters. The molecule has 5 heteroatoms. The first-order valence-corrected chi connectivity index (χ1v) is 7.40. The summed E-state index contributed by atoms with van der Waals surface area (Å²) in [5.41, 5.74) is 0. The molecule has 0 bridgehead atoms. The van der Waals surface area contributed by atoms with E-state index in [4.69, 9.17) is 9.79 Å². The van der Waals surface area contributed by atoms with Crippen molar-refractivity contribution in [3.05, 3.63) is 0 Å². The van der Waals surface area contributed by atoms with Crippen molar-refractivity contribution < 1.29 is 14.4 Å². The largest absolute Gasteiger partial charge is 0.344 e. The van der Waals surface area contributed by atoms with Crippen LogP contribution in [-0.4, -0.2) is 15.9 Å². The van der Waals surface area contributed by atoms with Crippen molar-refractivity contribution >= 4 is 7.60 Å². The first kappa shape index (κ1) is 17.5. The van der Waals surface area contributed by atoms with Crippen LogP contribution in [0, 0.1) is 0 Å². The van der Waals surface area contributed by atoms with E-state index >= 15 is 0 Å². The molecule has 0 fully saturated rings. The van der Waals surface area contributed by atoms with Crippen molar-refractivity contribution in [1.29, 1.82) is 0 Å². The Kier molecular flexibility index (Phi) is 12.4. The first-order valence-electron chi connectivity index (χ1n) is 5.61. The van der Waals surface area contributed by atoms with Crippen LogP contribution in [0.2, 0.25) is 0 Å². The van der Waals surface area contributed by atoms with E-state index in [9.17, 15) is 4.57 Å². The van der Waals surface area contributed by atoms with Crippen LogP contribution in [0.15, 0.2) is 0 Å². The maximum absolute atomic E-state index is 10.5. The van der Waals surface area contributed by atoms with Crippen molar-refractivity contribution in [1.82, 2.24) is 6.15 Å². The fourth-order valence-electron chi connectivity index (χ4n) is 1.45. The minimum absolute atomic E-state index is 0. The Morgan fingerprint density at radius 1 is 0.867 bits per heavy atom. The Labute approximate surface area is 93.2 Å². The molecule has 0 saturated heterocycles. The van der Waals surface area contributed by atoms with Crippen molar-refractivity contribution in [3.8, 4) is 0 Å². The summed E-state index contributed by atoms with van der Waals surface area (Å²) in [5.74, 6) is 0. The van der Waals surface area contributed by atoms with Gasteiger partial charge >= 0.3 is 7.60 Å². The smallest absolute Gasteiger partial charge is 0.325 e. The van der Waals surface area contributed by atoms with Crippen LogP contribution in [0.1, 0.15) is 58.3 Å². The molecule has 15 heavy (non-hydrogen) atoms. The first-order chi connectivity index (χ1) is 6.56. The molecule has 0 amide bonds. The zero-order valence-corrected chi connectivity index (χ0v) is 10.7. The lowest BCUT2D eigenvalue weighted by atomic mass is 10.1. The van der Waals surface area contributed by atoms with Crippen molar-refractivity contribution in [2.75, 3.05) is 6.16 Å². The second-order valence-corrected chi connectivity index (χ2v) is 5.64. The molecule has 0 aliphatic heterocycles. The predicted molar refractivity (Wildman–Crippen MR) is 64.5 cm³/mol. The third kappa shape index (κ3) is 16.8. The fraction of sp³-hybridized carbons (Fsp3) is 1.00. The molecule has 0 radical (unpaired) electrons. The topological polar surface area (TPSA) is 92.5 Å². The summed E-state index contributed by atoms with van der Waals surface area (Å²) in [6, 6.07) is 0. The van der Waals surface area contributed by atoms with Gasteiger partial charge in [-0.25, -0.2) is 0 Å². The average Bonchev–Trinajstić information content (AvgIpc) is 2.08. The average molecular weight is 239 g/mol. The zero-order chi connectivity index (χ0) is 10.9. The lowest BCUT2D eigenvalue weighted by Crippen LogP contribution is -1.88. The van der Waals surface area contributed by atoms with Gasteiger partial charge in [-0.05, 0) is 6.42 Å². The van der Waals surface area contributed by atoms with E-state index < -0.39 is 7.60 Å². The van der Waals surface area contributed by atoms with E-state index in [0.29, 0.717) is 6.42 Å². The van der Waals surface area contributed by atoms with Gasteiger partial charge in [0, 0.05) is 6.16 Å². The van der Waals surface area contributed by atoms with E-state index in [1.807, 2.05) is 0 Å². The maximum atomic E-state index is 10.5. The Hall–Kier alpha value is 0.110. The number of hydrogen-bond acceptors (Lipinski definition) is 2. The highest BCUT2D eigenvalue weighted by Crippen LogP contribution is 2.35. The van der Waals surface area contributed by atoms with E-state index in [1.54, 1.807) is 0 Å². The van der Waals surface area contributed by atoms with Crippen LogP contribution in [0.4, 0.5) is 0 Å². The predicted octanol–water partition coefficient (Wildman–Crippen LogP) is 3.47. The second-order valence-electron chi connectivity index (χ2n) is 3.86. The van der Waals surface area contributed by atoms with Gasteiger partial charge in [-0.2, -0.15) is 0 Å². The van der Waals surface area contributed by atoms with Gasteiger partial charge in [0.15, 0.2) is 0 Å². The Morgan fingerprint density at radius 3 is 1.67 bits per heavy atom. The Bertz CT molecular complexity index is 170. The highest BCUT2D eigenvalue weighted by atomic mass is 31.2. The van der Waals surface area contributed by atoms with Gasteiger partial charge in [0.2, 0.25) is 0 Å². The third-order valence-corrected chi connectivity index (χ3v) is 3.20. The molecule has 0 aliphatic carbocycles. The van der Waals surface area contributed by atoms with Crippen LogP contribution in [0.5, 0.6) is 0 Å². The molecule has 0 aromatic heterocycles. The van der Waals surface area contributed by atoms with Crippen molar-refractivity contribution in [2.45, 2.75) is 58.3 Å². The van der Waals surface area contributed by atoms with E-state index in [0.717, 1.165) is 12.8 Å². The molecule has 0 saturated carbocycles. The SMILES string of the molecule is CCCCCCCCCCP(=O)(O)O.N. The summed E-state index contributed by atoms with van der Waals surface area (Å²) in [7, 11) is -3.73. The second kappa shape index (κ2) is 10.6. The van der Waals surface area contributed by atoms with Crippen LogP contribution >= 0.6 is 7.60 Å². The molecule has 5 N–H and O–H groups in total. The van der Waals surface area contributed by atoms with Gasteiger partial charge in [-0.15, -0.1) is 0 Å². The molecule has 0 spiro atoms. The van der Waals surface area contributed by atoms with Gasteiger partial charge in [-0.1, -0.05) is 51.9 Å². The van der Waals surface area contributed by atoms with E-state index in [2.05, 4.69) is 6.92 Å². The summed E-state index contributed by atoms with van der Waals surface area (Å²) < 4.78 is 10.5. The van der Waals surface area contributed by atoms with Crippen molar-refractivity contribution in [3.63, 3.8) is 0 Å². The molecule has 0 aliphatic rings. The number of rotatable bonds is 9. The summed E-state index contributed by atoms with van der Waals surface area (Å²) in [6.45, 7) is 2.19. The monoisotopic (exact) mass is 239 g/mol. The Balaban J connectivity index is 0. The molecule has 0 heterocycles. The molecule has 0 aromatic carbocycles. The Morgan fingerprint density at radius 2 is 1.27 bits per heavy atom. The van der Waals surface area contributed by atoms with Crippen LogP contribution in [0.3, 0.4) is 0 Å². The van der Waals surface area contributed by atoms with Crippen LogP contribution in [-0.2, 0) is 4.57 Å². The summed E-state index contributed by atoms with van der Waals surface area (Å²) in [6.07, 6.45) is 9.14.